The molecule has 2 N–H and O–H groups in total. The number of hydrogen-bond donors (Lipinski definition) is 1. The molecule has 0 aliphatic heterocycles. The number of anilines is 1. The van der Waals surface area contributed by atoms with E-state index in [1.807, 2.05) is 12.1 Å². The van der Waals surface area contributed by atoms with Gasteiger partial charge < -0.3 is 15.0 Å². The smallest absolute Gasteiger partial charge is 0.0652 e. The van der Waals surface area contributed by atoms with E-state index in [1.165, 1.54) is 5.52 Å². The second-order valence-corrected chi connectivity index (χ2v) is 5.25. The van der Waals surface area contributed by atoms with Crippen molar-refractivity contribution in [1.29, 1.82) is 0 Å². The predicted molar refractivity (Wildman–Crippen MR) is 72.1 cm³/mol. The van der Waals surface area contributed by atoms with E-state index in [9.17, 15) is 0 Å². The molecule has 0 unspecified atom stereocenters. The van der Waals surface area contributed by atoms with E-state index in [-0.39, 0.29) is 5.60 Å². The lowest BCUT2D eigenvalue weighted by Gasteiger charge is -2.19. The first-order valence-electron chi connectivity index (χ1n) is 5.95. The molecule has 1 heterocycles. The van der Waals surface area contributed by atoms with Gasteiger partial charge in [-0.1, -0.05) is 6.07 Å². The number of aromatic nitrogens is 1. The highest BCUT2D eigenvalue weighted by Gasteiger charge is 2.10. The first kappa shape index (κ1) is 12.0. The van der Waals surface area contributed by atoms with Gasteiger partial charge >= 0.3 is 0 Å². The normalized spacial score (nSPS) is 12.2. The Morgan fingerprint density at radius 2 is 2.00 bits per heavy atom. The summed E-state index contributed by atoms with van der Waals surface area (Å²) in [5.74, 6) is 0. The summed E-state index contributed by atoms with van der Waals surface area (Å²) in [4.78, 5) is 0. The fraction of sp³-hybridized carbons (Fsp3) is 0.429. The summed E-state index contributed by atoms with van der Waals surface area (Å²) in [5.41, 5.74) is 7.84. The Labute approximate surface area is 102 Å². The summed E-state index contributed by atoms with van der Waals surface area (Å²) >= 11 is 0. The van der Waals surface area contributed by atoms with Crippen LogP contribution in [0.5, 0.6) is 0 Å². The number of benzene rings is 1. The van der Waals surface area contributed by atoms with Gasteiger partial charge in [0.15, 0.2) is 0 Å². The van der Waals surface area contributed by atoms with Crippen molar-refractivity contribution in [1.82, 2.24) is 4.57 Å². The molecule has 2 rings (SSSR count). The van der Waals surface area contributed by atoms with Crippen LogP contribution in [0, 0.1) is 0 Å². The van der Waals surface area contributed by atoms with E-state index in [0.29, 0.717) is 6.61 Å². The average Bonchev–Trinajstić information content (AvgIpc) is 2.61. The van der Waals surface area contributed by atoms with E-state index >= 15 is 0 Å². The van der Waals surface area contributed by atoms with Crippen LogP contribution in [0.3, 0.4) is 0 Å². The Kier molecular flexibility index (Phi) is 3.11. The Balaban J connectivity index is 2.12. The van der Waals surface area contributed by atoms with E-state index in [4.69, 9.17) is 10.5 Å². The van der Waals surface area contributed by atoms with Gasteiger partial charge in [0.2, 0.25) is 0 Å². The minimum Gasteiger partial charge on any atom is -0.398 e. The molecule has 0 bridgehead atoms. The Bertz CT molecular complexity index is 508. The number of nitrogen functional groups attached to an aromatic ring is 1. The van der Waals surface area contributed by atoms with Gasteiger partial charge in [-0.3, -0.25) is 0 Å². The van der Waals surface area contributed by atoms with Crippen LogP contribution >= 0.6 is 0 Å². The van der Waals surface area contributed by atoms with Crippen molar-refractivity contribution < 1.29 is 4.74 Å². The quantitative estimate of drug-likeness (QED) is 0.826. The molecule has 17 heavy (non-hydrogen) atoms. The van der Waals surface area contributed by atoms with Gasteiger partial charge in [0.1, 0.15) is 0 Å². The van der Waals surface area contributed by atoms with Gasteiger partial charge in [-0.05, 0) is 39.0 Å². The third-order valence-electron chi connectivity index (χ3n) is 2.71. The summed E-state index contributed by atoms with van der Waals surface area (Å²) in [6, 6.07) is 8.06. The Morgan fingerprint density at radius 1 is 1.24 bits per heavy atom. The topological polar surface area (TPSA) is 40.2 Å². The predicted octanol–water partition coefficient (Wildman–Crippen LogP) is 3.04. The third-order valence-corrected chi connectivity index (χ3v) is 2.71. The molecule has 1 aromatic heterocycles. The second kappa shape index (κ2) is 4.41. The van der Waals surface area contributed by atoms with Crippen LogP contribution in [-0.2, 0) is 11.3 Å². The average molecular weight is 232 g/mol. The van der Waals surface area contributed by atoms with Crippen molar-refractivity contribution in [3.05, 3.63) is 30.5 Å². The zero-order valence-corrected chi connectivity index (χ0v) is 10.7. The van der Waals surface area contributed by atoms with Crippen molar-refractivity contribution in [2.45, 2.75) is 32.9 Å². The molecule has 0 aliphatic rings. The Morgan fingerprint density at radius 3 is 2.71 bits per heavy atom. The van der Waals surface area contributed by atoms with Crippen molar-refractivity contribution in [3.63, 3.8) is 0 Å². The first-order valence-corrected chi connectivity index (χ1v) is 5.95. The van der Waals surface area contributed by atoms with E-state index in [2.05, 4.69) is 43.7 Å². The molecule has 92 valence electrons. The largest absolute Gasteiger partial charge is 0.398 e. The van der Waals surface area contributed by atoms with E-state index < -0.39 is 0 Å². The molecule has 0 spiro atoms. The number of hydrogen-bond acceptors (Lipinski definition) is 2. The van der Waals surface area contributed by atoms with Gasteiger partial charge in [-0.15, -0.1) is 0 Å². The highest BCUT2D eigenvalue weighted by molar-refractivity contribution is 5.91. The molecule has 2 aromatic rings. The molecule has 0 saturated carbocycles. The number of rotatable bonds is 3. The number of ether oxygens (including phenoxy) is 1. The van der Waals surface area contributed by atoms with Gasteiger partial charge in [0.05, 0.1) is 17.7 Å². The molecule has 3 nitrogen and oxygen atoms in total. The Hall–Kier alpha value is -1.48. The minimum atomic E-state index is -0.0814. The van der Waals surface area contributed by atoms with Crippen LogP contribution in [0.1, 0.15) is 20.8 Å². The molecule has 0 aliphatic carbocycles. The fourth-order valence-electron chi connectivity index (χ4n) is 1.89. The van der Waals surface area contributed by atoms with Crippen LogP contribution in [0.25, 0.3) is 10.9 Å². The van der Waals surface area contributed by atoms with E-state index in [1.54, 1.807) is 0 Å². The van der Waals surface area contributed by atoms with Crippen LogP contribution in [0.4, 0.5) is 5.69 Å². The standard InChI is InChI=1S/C14H20N2O/c1-14(2,3)17-10-9-16-8-7-11-12(15)5-4-6-13(11)16/h4-8H,9-10,15H2,1-3H3. The maximum Gasteiger partial charge on any atom is 0.0652 e. The third kappa shape index (κ3) is 2.80. The lowest BCUT2D eigenvalue weighted by atomic mass is 10.2. The number of nitrogens with two attached hydrogens (primary N) is 1. The molecule has 1 aromatic carbocycles. The summed E-state index contributed by atoms with van der Waals surface area (Å²) in [5, 5.41) is 1.11. The molecule has 0 atom stereocenters. The fourth-order valence-corrected chi connectivity index (χ4v) is 1.89. The SMILES string of the molecule is CC(C)(C)OCCn1ccc2c(N)cccc21. The summed E-state index contributed by atoms with van der Waals surface area (Å²) < 4.78 is 7.91. The van der Waals surface area contributed by atoms with Crippen LogP contribution in [-0.4, -0.2) is 16.8 Å². The highest BCUT2D eigenvalue weighted by Crippen LogP contribution is 2.21. The minimum absolute atomic E-state index is 0.0814. The van der Waals surface area contributed by atoms with E-state index in [0.717, 1.165) is 17.6 Å². The van der Waals surface area contributed by atoms with Gasteiger partial charge in [0, 0.05) is 23.8 Å². The van der Waals surface area contributed by atoms with Crippen molar-refractivity contribution in [3.8, 4) is 0 Å². The zero-order valence-electron chi connectivity index (χ0n) is 10.7. The molecule has 0 radical (unpaired) electrons. The summed E-state index contributed by atoms with van der Waals surface area (Å²) in [6.07, 6.45) is 2.06. The summed E-state index contributed by atoms with van der Waals surface area (Å²) in [7, 11) is 0. The molecule has 0 amide bonds. The molecule has 0 saturated heterocycles. The van der Waals surface area contributed by atoms with Crippen molar-refractivity contribution in [2.75, 3.05) is 12.3 Å². The van der Waals surface area contributed by atoms with Gasteiger partial charge in [0.25, 0.3) is 0 Å². The van der Waals surface area contributed by atoms with Crippen molar-refractivity contribution in [2.24, 2.45) is 0 Å². The number of fused-ring (bicyclic) bond motifs is 1. The molecular weight excluding hydrogens is 212 g/mol. The van der Waals surface area contributed by atoms with Gasteiger partial charge in [-0.2, -0.15) is 0 Å². The highest BCUT2D eigenvalue weighted by atomic mass is 16.5. The zero-order chi connectivity index (χ0) is 12.5. The van der Waals surface area contributed by atoms with Crippen LogP contribution in [0.2, 0.25) is 0 Å². The molecular formula is C14H20N2O. The second-order valence-electron chi connectivity index (χ2n) is 5.25. The van der Waals surface area contributed by atoms with Crippen molar-refractivity contribution >= 4 is 16.6 Å². The lowest BCUT2D eigenvalue weighted by Crippen LogP contribution is -2.21. The summed E-state index contributed by atoms with van der Waals surface area (Å²) in [6.45, 7) is 7.77. The maximum absolute atomic E-state index is 5.92. The van der Waals surface area contributed by atoms with Gasteiger partial charge in [-0.25, -0.2) is 0 Å². The number of nitrogens with zero attached hydrogens (tertiary/aromatic N) is 1. The molecule has 0 fully saturated rings. The monoisotopic (exact) mass is 232 g/mol. The van der Waals surface area contributed by atoms with Crippen LogP contribution in [0.15, 0.2) is 30.5 Å². The maximum atomic E-state index is 5.92. The first-order chi connectivity index (χ1) is 7.97. The molecule has 3 heteroatoms. The lowest BCUT2D eigenvalue weighted by molar-refractivity contribution is -0.00644. The van der Waals surface area contributed by atoms with Crippen LogP contribution < -0.4 is 5.73 Å².